The van der Waals surface area contributed by atoms with E-state index in [1.807, 2.05) is 0 Å². The normalized spacial score (nSPS) is 22.7. The molecule has 0 amide bonds. The highest BCUT2D eigenvalue weighted by Gasteiger charge is 2.33. The first kappa shape index (κ1) is 16.5. The second-order valence-electron chi connectivity index (χ2n) is 5.77. The van der Waals surface area contributed by atoms with Crippen LogP contribution in [0, 0.1) is 5.92 Å². The molecule has 1 rings (SSSR count). The first-order valence-electron chi connectivity index (χ1n) is 8.09. The van der Waals surface area contributed by atoms with Crippen molar-refractivity contribution in [2.45, 2.75) is 83.7 Å². The molecule has 2 atom stereocenters. The molecule has 3 heteroatoms. The minimum absolute atomic E-state index is 0.0518. The second kappa shape index (κ2) is 10.2. The molecule has 1 aliphatic rings. The van der Waals surface area contributed by atoms with Gasteiger partial charge in [-0.15, -0.1) is 0 Å². The number of ether oxygens (including phenoxy) is 1. The predicted molar refractivity (Wildman–Crippen MR) is 76.9 cm³/mol. The van der Waals surface area contributed by atoms with Crippen LogP contribution in [0.2, 0.25) is 0 Å². The van der Waals surface area contributed by atoms with Gasteiger partial charge in [0.1, 0.15) is 6.10 Å². The Morgan fingerprint density at radius 3 is 2.32 bits per heavy atom. The Balaban J connectivity index is 1.94. The second-order valence-corrected chi connectivity index (χ2v) is 5.77. The van der Waals surface area contributed by atoms with Crippen LogP contribution in [-0.4, -0.2) is 23.8 Å². The van der Waals surface area contributed by atoms with Gasteiger partial charge in [0.2, 0.25) is 0 Å². The maximum atomic E-state index is 11.5. The summed E-state index contributed by atoms with van der Waals surface area (Å²) >= 11 is 0. The Hall–Kier alpha value is -0.570. The number of hydrogen-bond donors (Lipinski definition) is 1. The maximum Gasteiger partial charge on any atom is 0.309 e. The van der Waals surface area contributed by atoms with Gasteiger partial charge < -0.3 is 9.84 Å². The van der Waals surface area contributed by atoms with E-state index in [0.717, 1.165) is 19.3 Å². The zero-order valence-corrected chi connectivity index (χ0v) is 12.4. The SMILES string of the molecule is CCCCCCCCCC[C@H]1C[C@H](CCO)C(=O)O1. The summed E-state index contributed by atoms with van der Waals surface area (Å²) in [6.45, 7) is 2.33. The lowest BCUT2D eigenvalue weighted by Crippen LogP contribution is -2.08. The Kier molecular flexibility index (Phi) is 8.89. The van der Waals surface area contributed by atoms with Crippen molar-refractivity contribution in [1.82, 2.24) is 0 Å². The third kappa shape index (κ3) is 6.95. The van der Waals surface area contributed by atoms with E-state index in [0.29, 0.717) is 6.42 Å². The summed E-state index contributed by atoms with van der Waals surface area (Å²) in [6.07, 6.45) is 13.0. The van der Waals surface area contributed by atoms with E-state index in [9.17, 15) is 4.79 Å². The summed E-state index contributed by atoms with van der Waals surface area (Å²) in [5.41, 5.74) is 0. The van der Waals surface area contributed by atoms with Crippen molar-refractivity contribution in [2.24, 2.45) is 5.92 Å². The molecule has 0 bridgehead atoms. The quantitative estimate of drug-likeness (QED) is 0.458. The zero-order valence-electron chi connectivity index (χ0n) is 12.4. The molecule has 3 nitrogen and oxygen atoms in total. The molecule has 0 spiro atoms. The van der Waals surface area contributed by atoms with Crippen molar-refractivity contribution in [3.8, 4) is 0 Å². The van der Waals surface area contributed by atoms with Crippen molar-refractivity contribution in [3.63, 3.8) is 0 Å². The molecule has 1 saturated heterocycles. The van der Waals surface area contributed by atoms with Crippen LogP contribution >= 0.6 is 0 Å². The van der Waals surface area contributed by atoms with E-state index < -0.39 is 0 Å². The fourth-order valence-corrected chi connectivity index (χ4v) is 2.80. The molecule has 1 fully saturated rings. The molecule has 0 aromatic carbocycles. The highest BCUT2D eigenvalue weighted by molar-refractivity contribution is 5.74. The molecule has 112 valence electrons. The van der Waals surface area contributed by atoms with Crippen molar-refractivity contribution in [1.29, 1.82) is 0 Å². The third-order valence-electron chi connectivity index (χ3n) is 4.02. The van der Waals surface area contributed by atoms with E-state index in [2.05, 4.69) is 6.92 Å². The number of aliphatic hydroxyl groups excluding tert-OH is 1. The fraction of sp³-hybridized carbons (Fsp3) is 0.938. The summed E-state index contributed by atoms with van der Waals surface area (Å²) in [5, 5.41) is 8.86. The zero-order chi connectivity index (χ0) is 13.9. The van der Waals surface area contributed by atoms with Crippen molar-refractivity contribution < 1.29 is 14.6 Å². The minimum atomic E-state index is -0.0985. The average molecular weight is 270 g/mol. The molecular weight excluding hydrogens is 240 g/mol. The van der Waals surface area contributed by atoms with Crippen LogP contribution in [0.15, 0.2) is 0 Å². The van der Waals surface area contributed by atoms with Crippen LogP contribution in [-0.2, 0) is 9.53 Å². The Labute approximate surface area is 117 Å². The first-order valence-corrected chi connectivity index (χ1v) is 8.09. The van der Waals surface area contributed by atoms with Gasteiger partial charge in [-0.1, -0.05) is 51.9 Å². The highest BCUT2D eigenvalue weighted by atomic mass is 16.5. The van der Waals surface area contributed by atoms with Crippen LogP contribution in [0.3, 0.4) is 0 Å². The molecule has 0 unspecified atom stereocenters. The number of carbonyl (C=O) groups excluding carboxylic acids is 1. The topological polar surface area (TPSA) is 46.5 Å². The largest absolute Gasteiger partial charge is 0.462 e. The van der Waals surface area contributed by atoms with Gasteiger partial charge in [-0.05, 0) is 25.7 Å². The highest BCUT2D eigenvalue weighted by Crippen LogP contribution is 2.27. The van der Waals surface area contributed by atoms with Gasteiger partial charge >= 0.3 is 5.97 Å². The number of rotatable bonds is 11. The van der Waals surface area contributed by atoms with Crippen molar-refractivity contribution in [2.75, 3.05) is 6.61 Å². The summed E-state index contributed by atoms with van der Waals surface area (Å²) in [5.74, 6) is -0.150. The maximum absolute atomic E-state index is 11.5. The lowest BCUT2D eigenvalue weighted by Gasteiger charge is -2.08. The molecule has 19 heavy (non-hydrogen) atoms. The van der Waals surface area contributed by atoms with E-state index in [4.69, 9.17) is 9.84 Å². The molecule has 1 heterocycles. The van der Waals surface area contributed by atoms with Crippen molar-refractivity contribution in [3.05, 3.63) is 0 Å². The molecule has 0 saturated carbocycles. The van der Waals surface area contributed by atoms with Crippen LogP contribution in [0.4, 0.5) is 0 Å². The summed E-state index contributed by atoms with van der Waals surface area (Å²) in [6, 6.07) is 0. The van der Waals surface area contributed by atoms with Gasteiger partial charge in [-0.2, -0.15) is 0 Å². The van der Waals surface area contributed by atoms with E-state index in [-0.39, 0.29) is 24.6 Å². The standard InChI is InChI=1S/C16H30O3/c1-2-3-4-5-6-7-8-9-10-15-13-14(11-12-17)16(18)19-15/h14-15,17H,2-13H2,1H3/t14-,15-/m0/s1. The molecule has 1 N–H and O–H groups in total. The minimum Gasteiger partial charge on any atom is -0.462 e. The van der Waals surface area contributed by atoms with Gasteiger partial charge in [0.15, 0.2) is 0 Å². The van der Waals surface area contributed by atoms with Gasteiger partial charge in [0, 0.05) is 6.61 Å². The van der Waals surface area contributed by atoms with Gasteiger partial charge in [-0.25, -0.2) is 0 Å². The molecular formula is C16H30O3. The number of hydrogen-bond acceptors (Lipinski definition) is 3. The Morgan fingerprint density at radius 1 is 1.05 bits per heavy atom. The molecule has 1 aliphatic heterocycles. The summed E-state index contributed by atoms with van der Waals surface area (Å²) in [7, 11) is 0. The average Bonchev–Trinajstić information content (AvgIpc) is 2.74. The number of esters is 1. The lowest BCUT2D eigenvalue weighted by atomic mass is 9.98. The summed E-state index contributed by atoms with van der Waals surface area (Å²) in [4.78, 5) is 11.5. The number of unbranched alkanes of at least 4 members (excludes halogenated alkanes) is 7. The molecule has 0 aromatic heterocycles. The molecule has 0 aromatic rings. The van der Waals surface area contributed by atoms with E-state index in [1.54, 1.807) is 0 Å². The Bertz CT molecular complexity index is 240. The number of cyclic esters (lactones) is 1. The van der Waals surface area contributed by atoms with E-state index >= 15 is 0 Å². The number of carbonyl (C=O) groups is 1. The fourth-order valence-electron chi connectivity index (χ4n) is 2.80. The Morgan fingerprint density at radius 2 is 1.68 bits per heavy atom. The van der Waals surface area contributed by atoms with Crippen molar-refractivity contribution >= 4 is 5.97 Å². The molecule has 0 aliphatic carbocycles. The lowest BCUT2D eigenvalue weighted by molar-refractivity contribution is -0.144. The summed E-state index contributed by atoms with van der Waals surface area (Å²) < 4.78 is 5.34. The smallest absolute Gasteiger partial charge is 0.309 e. The van der Waals surface area contributed by atoms with Gasteiger partial charge in [0.05, 0.1) is 5.92 Å². The predicted octanol–water partition coefficient (Wildman–Crippen LogP) is 3.83. The van der Waals surface area contributed by atoms with Crippen LogP contribution < -0.4 is 0 Å². The molecule has 0 radical (unpaired) electrons. The van der Waals surface area contributed by atoms with E-state index in [1.165, 1.54) is 44.9 Å². The van der Waals surface area contributed by atoms with Gasteiger partial charge in [0.25, 0.3) is 0 Å². The van der Waals surface area contributed by atoms with Crippen LogP contribution in [0.25, 0.3) is 0 Å². The first-order chi connectivity index (χ1) is 9.27. The number of aliphatic hydroxyl groups is 1. The van der Waals surface area contributed by atoms with Gasteiger partial charge in [-0.3, -0.25) is 4.79 Å². The third-order valence-corrected chi connectivity index (χ3v) is 4.02. The van der Waals surface area contributed by atoms with Crippen LogP contribution in [0.1, 0.15) is 77.6 Å². The van der Waals surface area contributed by atoms with Crippen LogP contribution in [0.5, 0.6) is 0 Å². The monoisotopic (exact) mass is 270 g/mol.